The summed E-state index contributed by atoms with van der Waals surface area (Å²) in [4.78, 5) is 7.23. The maximum absolute atomic E-state index is 10.7. The normalized spacial score (nSPS) is 26.0. The molecule has 3 nitrogen and oxygen atoms in total. The average molecular weight is 312 g/mol. The lowest BCUT2D eigenvalue weighted by Crippen LogP contribution is -2.50. The summed E-state index contributed by atoms with van der Waals surface area (Å²) in [7, 11) is 0. The molecule has 1 aliphatic heterocycles. The molecule has 124 valence electrons. The van der Waals surface area contributed by atoms with Crippen LogP contribution in [-0.2, 0) is 6.54 Å². The van der Waals surface area contributed by atoms with E-state index in [1.807, 2.05) is 19.1 Å². The molecule has 0 radical (unpaired) electrons. The fourth-order valence-electron chi connectivity index (χ4n) is 3.65. The summed E-state index contributed by atoms with van der Waals surface area (Å²) in [5, 5.41) is 11.9. The highest BCUT2D eigenvalue weighted by Gasteiger charge is 2.37. The second-order valence-electron chi connectivity index (χ2n) is 7.66. The monoisotopic (exact) mass is 312 g/mol. The quantitative estimate of drug-likeness (QED) is 0.931. The van der Waals surface area contributed by atoms with Gasteiger partial charge in [0, 0.05) is 30.9 Å². The highest BCUT2D eigenvalue weighted by Crippen LogP contribution is 2.32. The topological polar surface area (TPSA) is 36.4 Å². The first-order valence-corrected chi connectivity index (χ1v) is 8.73. The molecule has 23 heavy (non-hydrogen) atoms. The van der Waals surface area contributed by atoms with Crippen molar-refractivity contribution in [2.45, 2.75) is 45.8 Å². The zero-order valence-electron chi connectivity index (χ0n) is 14.5. The molecule has 0 amide bonds. The van der Waals surface area contributed by atoms with Crippen molar-refractivity contribution in [3.05, 3.63) is 42.1 Å². The van der Waals surface area contributed by atoms with E-state index in [0.717, 1.165) is 43.7 Å². The molecule has 0 unspecified atom stereocenters. The number of likely N-dealkylation sites (tertiary alicyclic amines) is 1. The molecule has 1 aromatic carbocycles. The molecule has 2 heterocycles. The SMILES string of the molecule is CC(C)C[C@H]1CN(Cc2ccc3ccccc3n2)CC[C@@]1(C)O. The number of aliphatic hydroxyl groups is 1. The summed E-state index contributed by atoms with van der Waals surface area (Å²) in [6, 6.07) is 12.5. The van der Waals surface area contributed by atoms with Crippen LogP contribution in [0.2, 0.25) is 0 Å². The van der Waals surface area contributed by atoms with Gasteiger partial charge in [-0.15, -0.1) is 0 Å². The van der Waals surface area contributed by atoms with Gasteiger partial charge in [0.2, 0.25) is 0 Å². The van der Waals surface area contributed by atoms with Gasteiger partial charge >= 0.3 is 0 Å². The van der Waals surface area contributed by atoms with Crippen molar-refractivity contribution in [1.29, 1.82) is 0 Å². The minimum atomic E-state index is -0.530. The van der Waals surface area contributed by atoms with Gasteiger partial charge in [-0.2, -0.15) is 0 Å². The summed E-state index contributed by atoms with van der Waals surface area (Å²) in [5.74, 6) is 0.960. The summed E-state index contributed by atoms with van der Waals surface area (Å²) >= 11 is 0. The largest absolute Gasteiger partial charge is 0.390 e. The van der Waals surface area contributed by atoms with Gasteiger partial charge in [-0.05, 0) is 37.8 Å². The van der Waals surface area contributed by atoms with Crippen LogP contribution < -0.4 is 0 Å². The first kappa shape index (κ1) is 16.4. The van der Waals surface area contributed by atoms with Crippen LogP contribution in [0.1, 0.15) is 39.3 Å². The summed E-state index contributed by atoms with van der Waals surface area (Å²) in [5.41, 5.74) is 1.65. The molecule has 0 aliphatic carbocycles. The third kappa shape index (κ3) is 3.91. The molecule has 1 aliphatic rings. The van der Waals surface area contributed by atoms with E-state index in [2.05, 4.69) is 43.0 Å². The van der Waals surface area contributed by atoms with Gasteiger partial charge in [0.1, 0.15) is 0 Å². The van der Waals surface area contributed by atoms with E-state index in [0.29, 0.717) is 11.8 Å². The Labute approximate surface area is 139 Å². The first-order valence-electron chi connectivity index (χ1n) is 8.73. The lowest BCUT2D eigenvalue weighted by Gasteiger charge is -2.43. The maximum atomic E-state index is 10.7. The number of nitrogens with zero attached hydrogens (tertiary/aromatic N) is 2. The van der Waals surface area contributed by atoms with E-state index >= 15 is 0 Å². The molecule has 0 spiro atoms. The minimum Gasteiger partial charge on any atom is -0.390 e. The maximum Gasteiger partial charge on any atom is 0.0705 e. The van der Waals surface area contributed by atoms with Crippen LogP contribution in [0.4, 0.5) is 0 Å². The van der Waals surface area contributed by atoms with Gasteiger partial charge in [-0.25, -0.2) is 0 Å². The van der Waals surface area contributed by atoms with Crippen LogP contribution in [0.3, 0.4) is 0 Å². The Morgan fingerprint density at radius 1 is 1.26 bits per heavy atom. The Balaban J connectivity index is 1.71. The van der Waals surface area contributed by atoms with Gasteiger partial charge in [0.05, 0.1) is 16.8 Å². The van der Waals surface area contributed by atoms with E-state index in [9.17, 15) is 5.11 Å². The van der Waals surface area contributed by atoms with Crippen LogP contribution in [-0.4, -0.2) is 33.7 Å². The second kappa shape index (κ2) is 6.58. The Hall–Kier alpha value is -1.45. The van der Waals surface area contributed by atoms with Crippen LogP contribution in [0.5, 0.6) is 0 Å². The smallest absolute Gasteiger partial charge is 0.0705 e. The van der Waals surface area contributed by atoms with E-state index < -0.39 is 5.60 Å². The van der Waals surface area contributed by atoms with E-state index in [-0.39, 0.29) is 0 Å². The number of hydrogen-bond donors (Lipinski definition) is 1. The number of para-hydroxylation sites is 1. The lowest BCUT2D eigenvalue weighted by atomic mass is 9.78. The molecule has 3 rings (SSSR count). The molecule has 1 aromatic heterocycles. The molecule has 1 saturated heterocycles. The van der Waals surface area contributed by atoms with Gasteiger partial charge < -0.3 is 5.11 Å². The van der Waals surface area contributed by atoms with Crippen LogP contribution in [0.25, 0.3) is 10.9 Å². The second-order valence-corrected chi connectivity index (χ2v) is 7.66. The zero-order valence-corrected chi connectivity index (χ0v) is 14.5. The van der Waals surface area contributed by atoms with E-state index in [1.54, 1.807) is 0 Å². The number of hydrogen-bond acceptors (Lipinski definition) is 3. The van der Waals surface area contributed by atoms with Crippen molar-refractivity contribution in [2.24, 2.45) is 11.8 Å². The predicted octanol–water partition coefficient (Wildman–Crippen LogP) is 3.85. The minimum absolute atomic E-state index is 0.344. The predicted molar refractivity (Wildman–Crippen MR) is 95.2 cm³/mol. The highest BCUT2D eigenvalue weighted by atomic mass is 16.3. The van der Waals surface area contributed by atoms with Crippen molar-refractivity contribution in [1.82, 2.24) is 9.88 Å². The fraction of sp³-hybridized carbons (Fsp3) is 0.550. The number of aromatic nitrogens is 1. The first-order chi connectivity index (χ1) is 10.9. The van der Waals surface area contributed by atoms with E-state index in [1.165, 1.54) is 5.39 Å². The van der Waals surface area contributed by atoms with Gasteiger partial charge in [0.25, 0.3) is 0 Å². The highest BCUT2D eigenvalue weighted by molar-refractivity contribution is 5.78. The lowest BCUT2D eigenvalue weighted by molar-refractivity contribution is -0.0666. The molecule has 0 saturated carbocycles. The standard InChI is InChI=1S/C20H28N2O/c1-15(2)12-17-13-22(11-10-20(17,3)23)14-18-9-8-16-6-4-5-7-19(16)21-18/h4-9,15,17,23H,10-14H2,1-3H3/t17-,20+/m0/s1. The molecule has 2 atom stereocenters. The van der Waals surface area contributed by atoms with Crippen molar-refractivity contribution >= 4 is 10.9 Å². The van der Waals surface area contributed by atoms with E-state index in [4.69, 9.17) is 4.98 Å². The Bertz CT molecular complexity index is 665. The summed E-state index contributed by atoms with van der Waals surface area (Å²) in [6.07, 6.45) is 1.92. The summed E-state index contributed by atoms with van der Waals surface area (Å²) in [6.45, 7) is 9.25. The van der Waals surface area contributed by atoms with Gasteiger partial charge in [0.15, 0.2) is 0 Å². The van der Waals surface area contributed by atoms with Gasteiger partial charge in [-0.1, -0.05) is 38.1 Å². The third-order valence-corrected chi connectivity index (χ3v) is 5.09. The Morgan fingerprint density at radius 3 is 2.83 bits per heavy atom. The fourth-order valence-corrected chi connectivity index (χ4v) is 3.65. The molecule has 2 aromatic rings. The molecule has 1 N–H and O–H groups in total. The number of piperidine rings is 1. The number of benzene rings is 1. The molecule has 3 heteroatoms. The Morgan fingerprint density at radius 2 is 2.04 bits per heavy atom. The number of rotatable bonds is 4. The summed E-state index contributed by atoms with van der Waals surface area (Å²) < 4.78 is 0. The van der Waals surface area contributed by atoms with Crippen LogP contribution in [0, 0.1) is 11.8 Å². The average Bonchev–Trinajstić information content (AvgIpc) is 2.50. The third-order valence-electron chi connectivity index (χ3n) is 5.09. The zero-order chi connectivity index (χ0) is 16.4. The molecular weight excluding hydrogens is 284 g/mol. The van der Waals surface area contributed by atoms with Crippen LogP contribution >= 0.6 is 0 Å². The molecular formula is C20H28N2O. The van der Waals surface area contributed by atoms with Crippen molar-refractivity contribution in [3.8, 4) is 0 Å². The van der Waals surface area contributed by atoms with Crippen LogP contribution in [0.15, 0.2) is 36.4 Å². The molecule has 1 fully saturated rings. The molecule has 0 bridgehead atoms. The van der Waals surface area contributed by atoms with Crippen molar-refractivity contribution in [2.75, 3.05) is 13.1 Å². The van der Waals surface area contributed by atoms with Crippen molar-refractivity contribution < 1.29 is 5.11 Å². The Kier molecular flexibility index (Phi) is 4.69. The van der Waals surface area contributed by atoms with Crippen molar-refractivity contribution in [3.63, 3.8) is 0 Å². The van der Waals surface area contributed by atoms with Gasteiger partial charge in [-0.3, -0.25) is 9.88 Å². The number of pyridine rings is 1. The number of fused-ring (bicyclic) bond motifs is 1.